The summed E-state index contributed by atoms with van der Waals surface area (Å²) in [6.07, 6.45) is 5.06. The Bertz CT molecular complexity index is 849. The van der Waals surface area contributed by atoms with E-state index in [9.17, 15) is 4.79 Å². The van der Waals surface area contributed by atoms with E-state index in [1.807, 2.05) is 13.0 Å². The van der Waals surface area contributed by atoms with Gasteiger partial charge in [0, 0.05) is 18.8 Å². The Hall–Kier alpha value is -2.77. The second-order valence-electron chi connectivity index (χ2n) is 5.51. The summed E-state index contributed by atoms with van der Waals surface area (Å²) < 4.78 is 15.8. The molecule has 1 aromatic heterocycles. The average molecular weight is 392 g/mol. The molecule has 1 aliphatic heterocycles. The SMILES string of the molecule is C=C(OC)/C(Cl)=C\C(=C/C)c1ccc(/C=C2/N=C(N)N(CCOC)C2=O)o1. The Morgan fingerprint density at radius 1 is 1.44 bits per heavy atom. The van der Waals surface area contributed by atoms with E-state index in [0.717, 1.165) is 5.57 Å². The van der Waals surface area contributed by atoms with Crippen LogP contribution in [0.25, 0.3) is 11.6 Å². The third-order valence-corrected chi connectivity index (χ3v) is 4.11. The second kappa shape index (κ2) is 9.25. The first-order valence-electron chi connectivity index (χ1n) is 8.14. The molecule has 0 spiro atoms. The van der Waals surface area contributed by atoms with Crippen LogP contribution in [0.1, 0.15) is 18.4 Å². The van der Waals surface area contributed by atoms with E-state index < -0.39 is 0 Å². The minimum absolute atomic E-state index is 0.136. The molecule has 144 valence electrons. The molecule has 0 radical (unpaired) electrons. The van der Waals surface area contributed by atoms with Crippen LogP contribution in [-0.4, -0.2) is 44.1 Å². The van der Waals surface area contributed by atoms with Crippen molar-refractivity contribution in [1.29, 1.82) is 0 Å². The number of carbonyl (C=O) groups is 1. The van der Waals surface area contributed by atoms with Gasteiger partial charge in [-0.15, -0.1) is 0 Å². The van der Waals surface area contributed by atoms with E-state index in [-0.39, 0.29) is 17.6 Å². The topological polar surface area (TPSA) is 90.3 Å². The lowest BCUT2D eigenvalue weighted by molar-refractivity contribution is -0.123. The van der Waals surface area contributed by atoms with Crippen LogP contribution in [0.15, 0.2) is 56.8 Å². The van der Waals surface area contributed by atoms with Gasteiger partial charge in [0.1, 0.15) is 23.0 Å². The van der Waals surface area contributed by atoms with Gasteiger partial charge >= 0.3 is 0 Å². The first kappa shape index (κ1) is 20.5. The summed E-state index contributed by atoms with van der Waals surface area (Å²) in [5, 5.41) is 0.360. The fourth-order valence-electron chi connectivity index (χ4n) is 2.30. The number of furan rings is 1. The second-order valence-corrected chi connectivity index (χ2v) is 5.92. The number of hydrogen-bond acceptors (Lipinski definition) is 6. The lowest BCUT2D eigenvalue weighted by Gasteiger charge is -2.13. The molecule has 27 heavy (non-hydrogen) atoms. The Kier molecular flexibility index (Phi) is 7.04. The summed E-state index contributed by atoms with van der Waals surface area (Å²) in [7, 11) is 3.04. The molecule has 0 saturated carbocycles. The predicted molar refractivity (Wildman–Crippen MR) is 106 cm³/mol. The lowest BCUT2D eigenvalue weighted by atomic mass is 10.2. The molecule has 0 saturated heterocycles. The van der Waals surface area contributed by atoms with Crippen LogP contribution < -0.4 is 5.73 Å². The summed E-state index contributed by atoms with van der Waals surface area (Å²) in [5.74, 6) is 1.23. The molecular formula is C19H22ClN3O4. The zero-order chi connectivity index (χ0) is 20.0. The van der Waals surface area contributed by atoms with E-state index in [1.165, 1.54) is 18.1 Å². The van der Waals surface area contributed by atoms with E-state index >= 15 is 0 Å². The van der Waals surface area contributed by atoms with Gasteiger partial charge in [0.25, 0.3) is 5.91 Å². The smallest absolute Gasteiger partial charge is 0.279 e. The number of hydrogen-bond donors (Lipinski definition) is 1. The highest BCUT2D eigenvalue weighted by Gasteiger charge is 2.28. The highest BCUT2D eigenvalue weighted by molar-refractivity contribution is 6.32. The van der Waals surface area contributed by atoms with Crippen molar-refractivity contribution in [1.82, 2.24) is 4.90 Å². The molecule has 2 N–H and O–H groups in total. The van der Waals surface area contributed by atoms with Crippen LogP contribution in [0, 0.1) is 0 Å². The van der Waals surface area contributed by atoms with Crippen LogP contribution in [-0.2, 0) is 14.3 Å². The number of carbonyl (C=O) groups excluding carboxylic acids is 1. The standard InChI is InChI=1S/C19H22ClN3O4/c1-5-13(10-15(20)12(2)26-4)17-7-6-14(27-17)11-16-18(24)23(8-9-25-3)19(21)22-16/h5-7,10-11H,2,8-9H2,1,3-4H3,(H2,21,22)/b13-5+,15-10+,16-11+. The van der Waals surface area contributed by atoms with Crippen molar-refractivity contribution in [3.63, 3.8) is 0 Å². The zero-order valence-corrected chi connectivity index (χ0v) is 16.2. The Morgan fingerprint density at radius 2 is 2.19 bits per heavy atom. The third-order valence-electron chi connectivity index (χ3n) is 3.79. The van der Waals surface area contributed by atoms with Crippen molar-refractivity contribution in [2.24, 2.45) is 10.7 Å². The highest BCUT2D eigenvalue weighted by atomic mass is 35.5. The first-order valence-corrected chi connectivity index (χ1v) is 8.52. The van der Waals surface area contributed by atoms with E-state index in [1.54, 1.807) is 25.3 Å². The van der Waals surface area contributed by atoms with Crippen LogP contribution in [0.3, 0.4) is 0 Å². The van der Waals surface area contributed by atoms with Crippen molar-refractivity contribution < 1.29 is 18.7 Å². The number of rotatable bonds is 8. The summed E-state index contributed by atoms with van der Waals surface area (Å²) in [4.78, 5) is 17.8. The van der Waals surface area contributed by atoms with Crippen LogP contribution >= 0.6 is 11.6 Å². The number of halogens is 1. The number of amides is 1. The molecule has 7 nitrogen and oxygen atoms in total. The van der Waals surface area contributed by atoms with E-state index in [0.29, 0.717) is 35.5 Å². The van der Waals surface area contributed by atoms with Gasteiger partial charge in [-0.2, -0.15) is 0 Å². The van der Waals surface area contributed by atoms with Gasteiger partial charge in [0.2, 0.25) is 5.96 Å². The first-order chi connectivity index (χ1) is 12.9. The molecule has 0 aliphatic carbocycles. The lowest BCUT2D eigenvalue weighted by Crippen LogP contribution is -2.39. The molecule has 0 unspecified atom stereocenters. The molecule has 1 aromatic rings. The molecule has 8 heteroatoms. The van der Waals surface area contributed by atoms with Crippen LogP contribution in [0.5, 0.6) is 0 Å². The number of aliphatic imine (C=N–C) groups is 1. The third kappa shape index (κ3) is 4.90. The Labute approximate surface area is 163 Å². The van der Waals surface area contributed by atoms with Gasteiger partial charge in [-0.05, 0) is 25.1 Å². The number of guanidine groups is 1. The largest absolute Gasteiger partial charge is 0.496 e. The number of nitrogens with zero attached hydrogens (tertiary/aromatic N) is 2. The molecule has 2 rings (SSSR count). The molecule has 2 heterocycles. The van der Waals surface area contributed by atoms with E-state index in [4.69, 9.17) is 31.2 Å². The number of methoxy groups -OCH3 is 2. The molecule has 0 fully saturated rings. The molecule has 0 atom stereocenters. The maximum Gasteiger partial charge on any atom is 0.279 e. The van der Waals surface area contributed by atoms with Crippen LogP contribution in [0.4, 0.5) is 0 Å². The summed E-state index contributed by atoms with van der Waals surface area (Å²) in [5.41, 5.74) is 6.74. The number of allylic oxidation sites excluding steroid dienone is 4. The summed E-state index contributed by atoms with van der Waals surface area (Å²) >= 11 is 6.14. The van der Waals surface area contributed by atoms with Gasteiger partial charge < -0.3 is 19.6 Å². The number of nitrogens with two attached hydrogens (primary N) is 1. The van der Waals surface area contributed by atoms with Crippen molar-refractivity contribution in [2.45, 2.75) is 6.92 Å². The summed E-state index contributed by atoms with van der Waals surface area (Å²) in [6, 6.07) is 3.50. The van der Waals surface area contributed by atoms with Gasteiger partial charge in [-0.1, -0.05) is 24.3 Å². The normalized spacial score (nSPS) is 16.9. The Balaban J connectivity index is 2.22. The minimum atomic E-state index is -0.298. The zero-order valence-electron chi connectivity index (χ0n) is 15.5. The average Bonchev–Trinajstić information content (AvgIpc) is 3.22. The summed E-state index contributed by atoms with van der Waals surface area (Å²) in [6.45, 7) is 6.26. The van der Waals surface area contributed by atoms with Crippen molar-refractivity contribution in [2.75, 3.05) is 27.4 Å². The fourth-order valence-corrected chi connectivity index (χ4v) is 2.49. The highest BCUT2D eigenvalue weighted by Crippen LogP contribution is 2.26. The predicted octanol–water partition coefficient (Wildman–Crippen LogP) is 3.11. The van der Waals surface area contributed by atoms with E-state index in [2.05, 4.69) is 11.6 Å². The van der Waals surface area contributed by atoms with Gasteiger partial charge in [0.15, 0.2) is 0 Å². The maximum absolute atomic E-state index is 12.4. The monoisotopic (exact) mass is 391 g/mol. The van der Waals surface area contributed by atoms with Gasteiger partial charge in [-0.3, -0.25) is 9.69 Å². The molecule has 1 amide bonds. The molecule has 0 aromatic carbocycles. The molecule has 0 bridgehead atoms. The molecule has 1 aliphatic rings. The van der Waals surface area contributed by atoms with Crippen molar-refractivity contribution in [3.05, 3.63) is 58.9 Å². The van der Waals surface area contributed by atoms with Crippen LogP contribution in [0.2, 0.25) is 0 Å². The van der Waals surface area contributed by atoms with Gasteiger partial charge in [0.05, 0.1) is 25.3 Å². The number of ether oxygens (including phenoxy) is 2. The fraction of sp³-hybridized carbons (Fsp3) is 0.263. The minimum Gasteiger partial charge on any atom is -0.496 e. The quantitative estimate of drug-likeness (QED) is 0.417. The molecular weight excluding hydrogens is 370 g/mol. The maximum atomic E-state index is 12.4. The van der Waals surface area contributed by atoms with Gasteiger partial charge in [-0.25, -0.2) is 4.99 Å². The van der Waals surface area contributed by atoms with Crippen molar-refractivity contribution in [3.8, 4) is 0 Å². The van der Waals surface area contributed by atoms with Crippen molar-refractivity contribution >= 4 is 35.1 Å². The Morgan fingerprint density at radius 3 is 2.81 bits per heavy atom.